The van der Waals surface area contributed by atoms with Gasteiger partial charge in [0.2, 0.25) is 0 Å². The normalized spacial score (nSPS) is 11.4. The molecule has 0 unspecified atom stereocenters. The highest BCUT2D eigenvalue weighted by atomic mass is 79.9. The monoisotopic (exact) mass is 306 g/mol. The van der Waals surface area contributed by atoms with E-state index in [9.17, 15) is 0 Å². The summed E-state index contributed by atoms with van der Waals surface area (Å²) < 4.78 is 1.19. The van der Waals surface area contributed by atoms with Crippen molar-refractivity contribution < 1.29 is 0 Å². The Morgan fingerprint density at radius 3 is 1.89 bits per heavy atom. The molecule has 0 atom stereocenters. The van der Waals surface area contributed by atoms with Crippen molar-refractivity contribution in [1.29, 1.82) is 0 Å². The van der Waals surface area contributed by atoms with Gasteiger partial charge in [-0.1, -0.05) is 48.5 Å². The molecule has 0 radical (unpaired) electrons. The van der Waals surface area contributed by atoms with Crippen molar-refractivity contribution in [2.75, 3.05) is 0 Å². The van der Waals surface area contributed by atoms with Crippen molar-refractivity contribution in [2.24, 2.45) is 0 Å². The highest BCUT2D eigenvalue weighted by Gasteiger charge is 2.06. The summed E-state index contributed by atoms with van der Waals surface area (Å²) in [7, 11) is 0. The van der Waals surface area contributed by atoms with Crippen molar-refractivity contribution in [3.63, 3.8) is 0 Å². The van der Waals surface area contributed by atoms with Gasteiger partial charge in [0.05, 0.1) is 0 Å². The fraction of sp³-hybridized carbons (Fsp3) is 0. The maximum Gasteiger partial charge on any atom is 0.0332 e. The first-order chi connectivity index (χ1) is 9.33. The number of rotatable bonds is 0. The van der Waals surface area contributed by atoms with Crippen LogP contribution in [0.1, 0.15) is 0 Å². The molecule has 0 aromatic heterocycles. The van der Waals surface area contributed by atoms with Crippen LogP contribution in [0, 0.1) is 0 Å². The average Bonchev–Trinajstić information content (AvgIpc) is 2.46. The van der Waals surface area contributed by atoms with Gasteiger partial charge in [0.1, 0.15) is 0 Å². The predicted octanol–water partition coefficient (Wildman–Crippen LogP) is 5.91. The summed E-state index contributed by atoms with van der Waals surface area (Å²) >= 11 is 3.77. The first-order valence-corrected chi connectivity index (χ1v) is 7.12. The van der Waals surface area contributed by atoms with Crippen LogP contribution < -0.4 is 0 Å². The van der Waals surface area contributed by atoms with Crippen LogP contribution in [0.15, 0.2) is 71.2 Å². The van der Waals surface area contributed by atoms with Crippen molar-refractivity contribution in [3.8, 4) is 0 Å². The molecular weight excluding hydrogens is 296 g/mol. The molecule has 0 nitrogen and oxygen atoms in total. The van der Waals surface area contributed by atoms with Crippen molar-refractivity contribution in [1.82, 2.24) is 0 Å². The number of hydrogen-bond acceptors (Lipinski definition) is 0. The smallest absolute Gasteiger partial charge is 0.0332 e. The second-order valence-electron chi connectivity index (χ2n) is 4.83. The minimum absolute atomic E-state index is 1.19. The molecule has 0 fully saturated rings. The molecule has 4 aromatic carbocycles. The van der Waals surface area contributed by atoms with Gasteiger partial charge in [0.25, 0.3) is 0 Å². The molecule has 0 amide bonds. The average molecular weight is 307 g/mol. The number of fused-ring (bicyclic) bond motifs is 3. The second kappa shape index (κ2) is 4.07. The highest BCUT2D eigenvalue weighted by Crippen LogP contribution is 2.34. The molecule has 0 saturated heterocycles. The van der Waals surface area contributed by atoms with Gasteiger partial charge < -0.3 is 0 Å². The molecule has 0 aliphatic rings. The van der Waals surface area contributed by atoms with E-state index in [4.69, 9.17) is 0 Å². The fourth-order valence-corrected chi connectivity index (χ4v) is 3.41. The molecule has 0 saturated carbocycles. The van der Waals surface area contributed by atoms with E-state index in [0.29, 0.717) is 0 Å². The maximum atomic E-state index is 3.77. The van der Waals surface area contributed by atoms with Crippen LogP contribution in [-0.4, -0.2) is 0 Å². The molecule has 4 aromatic rings. The van der Waals surface area contributed by atoms with E-state index in [1.54, 1.807) is 0 Å². The van der Waals surface area contributed by atoms with Gasteiger partial charge >= 0.3 is 0 Å². The van der Waals surface area contributed by atoms with Gasteiger partial charge in [-0.05, 0) is 66.4 Å². The zero-order valence-corrected chi connectivity index (χ0v) is 11.8. The Labute approximate surface area is 119 Å². The van der Waals surface area contributed by atoms with E-state index in [1.807, 2.05) is 0 Å². The van der Waals surface area contributed by atoms with Crippen LogP contribution in [0.3, 0.4) is 0 Å². The van der Waals surface area contributed by atoms with Crippen LogP contribution in [-0.2, 0) is 0 Å². The lowest BCUT2D eigenvalue weighted by Crippen LogP contribution is -1.81. The van der Waals surface area contributed by atoms with Gasteiger partial charge in [0.15, 0.2) is 0 Å². The molecule has 0 heterocycles. The molecular formula is C18H11Br. The maximum absolute atomic E-state index is 3.77. The molecule has 0 spiro atoms. The quantitative estimate of drug-likeness (QED) is 0.354. The summed E-state index contributed by atoms with van der Waals surface area (Å²) in [4.78, 5) is 0. The van der Waals surface area contributed by atoms with Gasteiger partial charge in [-0.25, -0.2) is 0 Å². The van der Waals surface area contributed by atoms with Crippen LogP contribution in [0.2, 0.25) is 0 Å². The number of halogens is 1. The highest BCUT2D eigenvalue weighted by molar-refractivity contribution is 9.10. The van der Waals surface area contributed by atoms with Gasteiger partial charge in [-0.2, -0.15) is 0 Å². The summed E-state index contributed by atoms with van der Waals surface area (Å²) in [5, 5.41) is 7.67. The molecule has 0 bridgehead atoms. The summed E-state index contributed by atoms with van der Waals surface area (Å²) in [6.45, 7) is 0. The van der Waals surface area contributed by atoms with E-state index in [-0.39, 0.29) is 0 Å². The lowest BCUT2D eigenvalue weighted by Gasteiger charge is -2.08. The van der Waals surface area contributed by atoms with Gasteiger partial charge in [-0.15, -0.1) is 0 Å². The zero-order valence-electron chi connectivity index (χ0n) is 10.2. The Kier molecular flexibility index (Phi) is 2.36. The Balaban J connectivity index is 2.25. The Morgan fingerprint density at radius 1 is 0.526 bits per heavy atom. The minimum atomic E-state index is 1.19. The van der Waals surface area contributed by atoms with Crippen LogP contribution in [0.25, 0.3) is 32.3 Å². The topological polar surface area (TPSA) is 0 Å². The Hall–Kier alpha value is -1.86. The summed E-state index contributed by atoms with van der Waals surface area (Å²) in [6, 6.07) is 23.8. The molecule has 0 N–H and O–H groups in total. The summed E-state index contributed by atoms with van der Waals surface area (Å²) in [5.41, 5.74) is 0. The number of benzene rings is 4. The van der Waals surface area contributed by atoms with E-state index in [0.717, 1.165) is 0 Å². The minimum Gasteiger partial charge on any atom is -0.0616 e. The summed E-state index contributed by atoms with van der Waals surface area (Å²) in [5.74, 6) is 0. The fourth-order valence-electron chi connectivity index (χ4n) is 2.70. The van der Waals surface area contributed by atoms with E-state index < -0.39 is 0 Å². The van der Waals surface area contributed by atoms with Crippen LogP contribution in [0.5, 0.6) is 0 Å². The van der Waals surface area contributed by atoms with Crippen molar-refractivity contribution in [3.05, 3.63) is 71.2 Å². The van der Waals surface area contributed by atoms with Crippen molar-refractivity contribution >= 4 is 48.2 Å². The first kappa shape index (κ1) is 11.0. The molecule has 19 heavy (non-hydrogen) atoms. The second-order valence-corrected chi connectivity index (χ2v) is 5.63. The van der Waals surface area contributed by atoms with Crippen LogP contribution >= 0.6 is 15.9 Å². The van der Waals surface area contributed by atoms with E-state index in [1.165, 1.54) is 36.8 Å². The SMILES string of the molecule is Brc1c2ccccc2cc2cc3ccccc3cc12. The largest absolute Gasteiger partial charge is 0.0616 e. The molecule has 0 aliphatic carbocycles. The third-order valence-electron chi connectivity index (χ3n) is 3.66. The molecule has 4 rings (SSSR count). The lowest BCUT2D eigenvalue weighted by atomic mass is 10.00. The van der Waals surface area contributed by atoms with Gasteiger partial charge in [-0.3, -0.25) is 0 Å². The standard InChI is InChI=1S/C18H11Br/c19-18-16-8-4-3-7-14(16)10-15-9-12-5-1-2-6-13(12)11-17(15)18/h1-11H. The third kappa shape index (κ3) is 1.66. The lowest BCUT2D eigenvalue weighted by molar-refractivity contribution is 1.75. The first-order valence-electron chi connectivity index (χ1n) is 6.33. The predicted molar refractivity (Wildman–Crippen MR) is 86.7 cm³/mol. The molecule has 0 aliphatic heterocycles. The Morgan fingerprint density at radius 2 is 1.11 bits per heavy atom. The number of hydrogen-bond donors (Lipinski definition) is 0. The third-order valence-corrected chi connectivity index (χ3v) is 4.52. The van der Waals surface area contributed by atoms with E-state index >= 15 is 0 Å². The van der Waals surface area contributed by atoms with Crippen LogP contribution in [0.4, 0.5) is 0 Å². The zero-order chi connectivity index (χ0) is 12.8. The van der Waals surface area contributed by atoms with Crippen molar-refractivity contribution in [2.45, 2.75) is 0 Å². The Bertz CT molecular complexity index is 917. The van der Waals surface area contributed by atoms with E-state index in [2.05, 4.69) is 82.7 Å². The molecule has 90 valence electrons. The summed E-state index contributed by atoms with van der Waals surface area (Å²) in [6.07, 6.45) is 0. The molecule has 1 heteroatoms. The van der Waals surface area contributed by atoms with Gasteiger partial charge in [0, 0.05) is 4.47 Å².